The molecule has 0 radical (unpaired) electrons. The number of fused-ring (bicyclic) bond motifs is 2. The fourth-order valence-electron chi connectivity index (χ4n) is 3.13. The number of H-pyrrole nitrogens is 1. The van der Waals surface area contributed by atoms with Crippen molar-refractivity contribution in [2.24, 2.45) is 0 Å². The molecule has 0 bridgehead atoms. The van der Waals surface area contributed by atoms with Crippen LogP contribution in [0.2, 0.25) is 5.02 Å². The first-order chi connectivity index (χ1) is 11.2. The number of benzene rings is 2. The molecule has 0 saturated heterocycles. The Bertz CT molecular complexity index is 889. The molecule has 0 unspecified atom stereocenters. The molecular weight excluding hydrogens is 312 g/mol. The Labute approximate surface area is 138 Å². The molecule has 1 aliphatic carbocycles. The van der Waals surface area contributed by atoms with Gasteiger partial charge in [-0.1, -0.05) is 23.7 Å². The fourth-order valence-corrected chi connectivity index (χ4v) is 3.32. The van der Waals surface area contributed by atoms with Gasteiger partial charge >= 0.3 is 6.03 Å². The molecular formula is C17H15ClN4O. The van der Waals surface area contributed by atoms with Crippen molar-refractivity contribution in [1.29, 1.82) is 0 Å². The predicted molar refractivity (Wildman–Crippen MR) is 90.8 cm³/mol. The summed E-state index contributed by atoms with van der Waals surface area (Å²) in [6.07, 6.45) is 3.52. The quantitative estimate of drug-likeness (QED) is 0.665. The van der Waals surface area contributed by atoms with Gasteiger partial charge in [0.05, 0.1) is 23.4 Å². The van der Waals surface area contributed by atoms with Gasteiger partial charge in [-0.3, -0.25) is 5.10 Å². The van der Waals surface area contributed by atoms with E-state index >= 15 is 0 Å². The van der Waals surface area contributed by atoms with Crippen LogP contribution in [-0.4, -0.2) is 16.2 Å². The summed E-state index contributed by atoms with van der Waals surface area (Å²) in [5, 5.41) is 14.5. The Kier molecular flexibility index (Phi) is 3.42. The van der Waals surface area contributed by atoms with E-state index in [0.717, 1.165) is 40.0 Å². The van der Waals surface area contributed by atoms with Gasteiger partial charge in [-0.15, -0.1) is 0 Å². The zero-order valence-corrected chi connectivity index (χ0v) is 13.0. The zero-order valence-electron chi connectivity index (χ0n) is 12.3. The highest BCUT2D eigenvalue weighted by molar-refractivity contribution is 6.30. The second-order valence-electron chi connectivity index (χ2n) is 5.67. The first-order valence-corrected chi connectivity index (χ1v) is 7.86. The highest BCUT2D eigenvalue weighted by Gasteiger charge is 2.24. The fraction of sp³-hybridized carbons (Fsp3) is 0.176. The Balaban J connectivity index is 1.50. The van der Waals surface area contributed by atoms with Gasteiger partial charge in [-0.2, -0.15) is 5.10 Å². The number of halogens is 1. The lowest BCUT2D eigenvalue weighted by Gasteiger charge is -2.15. The molecule has 3 N–H and O–H groups in total. The monoisotopic (exact) mass is 326 g/mol. The maximum atomic E-state index is 12.3. The van der Waals surface area contributed by atoms with E-state index in [4.69, 9.17) is 11.6 Å². The molecule has 2 amide bonds. The predicted octanol–water partition coefficient (Wildman–Crippen LogP) is 4.03. The van der Waals surface area contributed by atoms with Gasteiger partial charge in [-0.25, -0.2) is 4.79 Å². The van der Waals surface area contributed by atoms with Crippen LogP contribution in [0.1, 0.15) is 23.6 Å². The average Bonchev–Trinajstić information content (AvgIpc) is 3.15. The molecule has 1 heterocycles. The number of carbonyl (C=O) groups excluding carboxylic acids is 1. The Hall–Kier alpha value is -2.53. The van der Waals surface area contributed by atoms with Crippen molar-refractivity contribution < 1.29 is 4.79 Å². The first-order valence-electron chi connectivity index (χ1n) is 7.48. The molecule has 4 rings (SSSR count). The summed E-state index contributed by atoms with van der Waals surface area (Å²) in [6.45, 7) is 0. The lowest BCUT2D eigenvalue weighted by atomic mass is 10.1. The van der Waals surface area contributed by atoms with Crippen LogP contribution in [0.5, 0.6) is 0 Å². The average molecular weight is 327 g/mol. The highest BCUT2D eigenvalue weighted by Crippen LogP contribution is 2.33. The van der Waals surface area contributed by atoms with Crippen LogP contribution in [0.3, 0.4) is 0 Å². The van der Waals surface area contributed by atoms with Crippen LogP contribution in [0.15, 0.2) is 42.6 Å². The third-order valence-electron chi connectivity index (χ3n) is 4.22. The molecule has 5 nitrogen and oxygen atoms in total. The second kappa shape index (κ2) is 5.59. The molecule has 1 aliphatic rings. The van der Waals surface area contributed by atoms with E-state index in [1.54, 1.807) is 6.20 Å². The standard InChI is InChI=1S/C17H15ClN4O/c18-11-5-6-12-10(8-11)4-7-15(12)21-17(23)20-14-2-1-3-16-13(14)9-19-22-16/h1-3,5-6,8-9,15H,4,7H2,(H,19,22)(H2,20,21,23)/t15-/m1/s1. The van der Waals surface area contributed by atoms with Crippen LogP contribution in [0, 0.1) is 0 Å². The van der Waals surface area contributed by atoms with Gasteiger partial charge in [-0.05, 0) is 48.2 Å². The van der Waals surface area contributed by atoms with Crippen molar-refractivity contribution in [2.75, 3.05) is 5.32 Å². The van der Waals surface area contributed by atoms with E-state index in [9.17, 15) is 4.79 Å². The van der Waals surface area contributed by atoms with Crippen molar-refractivity contribution in [1.82, 2.24) is 15.5 Å². The number of nitrogens with zero attached hydrogens (tertiary/aromatic N) is 1. The van der Waals surface area contributed by atoms with Crippen LogP contribution in [0.25, 0.3) is 10.9 Å². The molecule has 0 saturated carbocycles. The topological polar surface area (TPSA) is 69.8 Å². The van der Waals surface area contributed by atoms with Gasteiger partial charge in [0, 0.05) is 10.4 Å². The summed E-state index contributed by atoms with van der Waals surface area (Å²) in [5.74, 6) is 0. The molecule has 0 spiro atoms. The largest absolute Gasteiger partial charge is 0.331 e. The number of hydrogen-bond donors (Lipinski definition) is 3. The zero-order chi connectivity index (χ0) is 15.8. The normalized spacial score (nSPS) is 16.3. The number of aromatic nitrogens is 2. The summed E-state index contributed by atoms with van der Waals surface area (Å²) in [4.78, 5) is 12.3. The number of anilines is 1. The minimum Gasteiger partial charge on any atom is -0.331 e. The van der Waals surface area contributed by atoms with Crippen molar-refractivity contribution in [3.8, 4) is 0 Å². The maximum Gasteiger partial charge on any atom is 0.319 e. The van der Waals surface area contributed by atoms with Gasteiger partial charge < -0.3 is 10.6 Å². The smallest absolute Gasteiger partial charge is 0.319 e. The summed E-state index contributed by atoms with van der Waals surface area (Å²) in [5.41, 5.74) is 3.98. The molecule has 2 aromatic carbocycles. The summed E-state index contributed by atoms with van der Waals surface area (Å²) in [7, 11) is 0. The third-order valence-corrected chi connectivity index (χ3v) is 4.46. The Morgan fingerprint density at radius 3 is 3.13 bits per heavy atom. The van der Waals surface area contributed by atoms with Crippen LogP contribution in [0.4, 0.5) is 10.5 Å². The molecule has 0 aliphatic heterocycles. The van der Waals surface area contributed by atoms with Crippen molar-refractivity contribution in [3.63, 3.8) is 0 Å². The minimum atomic E-state index is -0.216. The number of rotatable bonds is 2. The highest BCUT2D eigenvalue weighted by atomic mass is 35.5. The SMILES string of the molecule is O=C(Nc1cccc2[nH]ncc12)N[C@@H]1CCc2cc(Cl)ccc21. The molecule has 1 aromatic heterocycles. The molecule has 0 fully saturated rings. The van der Waals surface area contributed by atoms with Crippen molar-refractivity contribution in [2.45, 2.75) is 18.9 Å². The molecule has 6 heteroatoms. The third kappa shape index (κ3) is 2.64. The first kappa shape index (κ1) is 14.1. The summed E-state index contributed by atoms with van der Waals surface area (Å²) < 4.78 is 0. The van der Waals surface area contributed by atoms with E-state index in [-0.39, 0.29) is 12.1 Å². The lowest BCUT2D eigenvalue weighted by Crippen LogP contribution is -2.31. The Morgan fingerprint density at radius 1 is 1.30 bits per heavy atom. The maximum absolute atomic E-state index is 12.3. The number of hydrogen-bond acceptors (Lipinski definition) is 2. The number of carbonyl (C=O) groups is 1. The van der Waals surface area contributed by atoms with Gasteiger partial charge in [0.2, 0.25) is 0 Å². The minimum absolute atomic E-state index is 0.0193. The second-order valence-corrected chi connectivity index (χ2v) is 6.11. The van der Waals surface area contributed by atoms with Gasteiger partial charge in [0.15, 0.2) is 0 Å². The van der Waals surface area contributed by atoms with Crippen LogP contribution >= 0.6 is 11.6 Å². The van der Waals surface area contributed by atoms with E-state index in [1.165, 1.54) is 5.56 Å². The number of aryl methyl sites for hydroxylation is 1. The van der Waals surface area contributed by atoms with E-state index in [0.29, 0.717) is 0 Å². The van der Waals surface area contributed by atoms with Gasteiger partial charge in [0.1, 0.15) is 0 Å². The molecule has 1 atom stereocenters. The number of aromatic amines is 1. The number of nitrogens with one attached hydrogen (secondary N) is 3. The van der Waals surface area contributed by atoms with Gasteiger partial charge in [0.25, 0.3) is 0 Å². The van der Waals surface area contributed by atoms with Crippen LogP contribution < -0.4 is 10.6 Å². The summed E-state index contributed by atoms with van der Waals surface area (Å²) >= 11 is 6.02. The molecule has 116 valence electrons. The Morgan fingerprint density at radius 2 is 2.22 bits per heavy atom. The number of amides is 2. The lowest BCUT2D eigenvalue weighted by molar-refractivity contribution is 0.248. The van der Waals surface area contributed by atoms with E-state index in [2.05, 4.69) is 20.8 Å². The van der Waals surface area contributed by atoms with Crippen molar-refractivity contribution >= 4 is 34.2 Å². The molecule has 3 aromatic rings. The van der Waals surface area contributed by atoms with Crippen molar-refractivity contribution in [3.05, 3.63) is 58.7 Å². The van der Waals surface area contributed by atoms with E-state index in [1.807, 2.05) is 36.4 Å². The van der Waals surface area contributed by atoms with Crippen LogP contribution in [-0.2, 0) is 6.42 Å². The van der Waals surface area contributed by atoms with E-state index < -0.39 is 0 Å². The number of urea groups is 1. The summed E-state index contributed by atoms with van der Waals surface area (Å²) in [6, 6.07) is 11.3. The molecule has 23 heavy (non-hydrogen) atoms.